The van der Waals surface area contributed by atoms with E-state index >= 15 is 0 Å². The molecule has 1 aliphatic rings. The Bertz CT molecular complexity index is 513. The van der Waals surface area contributed by atoms with Gasteiger partial charge in [-0.1, -0.05) is 18.2 Å². The van der Waals surface area contributed by atoms with Gasteiger partial charge in [0.2, 0.25) is 0 Å². The summed E-state index contributed by atoms with van der Waals surface area (Å²) in [6, 6.07) is 8.41. The summed E-state index contributed by atoms with van der Waals surface area (Å²) < 4.78 is 1.02. The molecule has 0 aliphatic carbocycles. The second kappa shape index (κ2) is 4.76. The van der Waals surface area contributed by atoms with Crippen molar-refractivity contribution in [2.45, 2.75) is 22.7 Å². The molecule has 0 saturated heterocycles. The number of rotatable bonds is 2. The maximum Gasteiger partial charge on any atom is 0.0934 e. The first-order chi connectivity index (χ1) is 8.25. The average molecular weight is 327 g/mol. The predicted molar refractivity (Wildman–Crippen MR) is 76.8 cm³/mol. The van der Waals surface area contributed by atoms with Crippen LogP contribution in [0.2, 0.25) is 0 Å². The van der Waals surface area contributed by atoms with Crippen molar-refractivity contribution in [1.29, 1.82) is 0 Å². The Labute approximate surface area is 117 Å². The Balaban J connectivity index is 1.83. The molecule has 2 aromatic rings. The van der Waals surface area contributed by atoms with E-state index < -0.39 is 6.10 Å². The first kappa shape index (κ1) is 11.8. The van der Waals surface area contributed by atoms with Gasteiger partial charge < -0.3 is 5.11 Å². The van der Waals surface area contributed by atoms with Crippen LogP contribution in [0.5, 0.6) is 0 Å². The minimum Gasteiger partial charge on any atom is -0.387 e. The minimum atomic E-state index is -0.395. The van der Waals surface area contributed by atoms with Crippen LogP contribution in [0, 0.1) is 0 Å². The number of thioether (sulfide) groups is 1. The molecule has 0 saturated carbocycles. The van der Waals surface area contributed by atoms with E-state index in [9.17, 15) is 5.11 Å². The van der Waals surface area contributed by atoms with Gasteiger partial charge >= 0.3 is 0 Å². The van der Waals surface area contributed by atoms with Crippen LogP contribution in [0.1, 0.15) is 17.2 Å². The summed E-state index contributed by atoms with van der Waals surface area (Å²) in [5.74, 6) is 0. The minimum absolute atomic E-state index is 0.235. The fourth-order valence-corrected chi connectivity index (χ4v) is 4.97. The molecular weight excluding hydrogens is 316 g/mol. The van der Waals surface area contributed by atoms with Gasteiger partial charge in [0, 0.05) is 25.6 Å². The van der Waals surface area contributed by atoms with Crippen molar-refractivity contribution < 1.29 is 5.11 Å². The van der Waals surface area contributed by atoms with Crippen molar-refractivity contribution in [2.75, 3.05) is 0 Å². The molecular formula is C13H11BrOS2. The monoisotopic (exact) mass is 326 g/mol. The standard InChI is InChI=1S/C13H11BrOS2/c14-10-7-16-6-9(10)13(15)12-5-8-3-1-2-4-11(8)17-12/h1-4,6-7,12-13,15H,5H2. The maximum atomic E-state index is 10.4. The molecule has 1 nitrogen and oxygen atoms in total. The van der Waals surface area contributed by atoms with Crippen molar-refractivity contribution in [3.8, 4) is 0 Å². The molecule has 1 aromatic carbocycles. The SMILES string of the molecule is OC(c1cscc1Br)C1Cc2ccccc2S1. The zero-order valence-electron chi connectivity index (χ0n) is 8.97. The highest BCUT2D eigenvalue weighted by Crippen LogP contribution is 2.44. The summed E-state index contributed by atoms with van der Waals surface area (Å²) in [6.45, 7) is 0. The van der Waals surface area contributed by atoms with Gasteiger partial charge in [0.15, 0.2) is 0 Å². The van der Waals surface area contributed by atoms with Gasteiger partial charge in [-0.15, -0.1) is 11.8 Å². The third-order valence-corrected chi connectivity index (χ3v) is 6.12. The number of aliphatic hydroxyl groups excluding tert-OH is 1. The van der Waals surface area contributed by atoms with E-state index in [0.717, 1.165) is 16.5 Å². The topological polar surface area (TPSA) is 20.2 Å². The van der Waals surface area contributed by atoms with Crippen molar-refractivity contribution in [1.82, 2.24) is 0 Å². The molecule has 4 heteroatoms. The average Bonchev–Trinajstić information content (AvgIpc) is 2.93. The van der Waals surface area contributed by atoms with Crippen LogP contribution in [-0.4, -0.2) is 10.4 Å². The number of fused-ring (bicyclic) bond motifs is 1. The molecule has 0 amide bonds. The molecule has 1 N–H and O–H groups in total. The van der Waals surface area contributed by atoms with Gasteiger partial charge in [-0.3, -0.25) is 0 Å². The maximum absolute atomic E-state index is 10.4. The van der Waals surface area contributed by atoms with Crippen LogP contribution < -0.4 is 0 Å². The van der Waals surface area contributed by atoms with Crippen LogP contribution in [0.25, 0.3) is 0 Å². The smallest absolute Gasteiger partial charge is 0.0934 e. The van der Waals surface area contributed by atoms with Gasteiger partial charge in [-0.25, -0.2) is 0 Å². The van der Waals surface area contributed by atoms with E-state index in [2.05, 4.69) is 40.2 Å². The summed E-state index contributed by atoms with van der Waals surface area (Å²) in [7, 11) is 0. The molecule has 0 radical (unpaired) electrons. The molecule has 17 heavy (non-hydrogen) atoms. The number of benzene rings is 1. The summed E-state index contributed by atoms with van der Waals surface area (Å²) in [5, 5.41) is 14.7. The Kier molecular flexibility index (Phi) is 3.30. The second-order valence-corrected chi connectivity index (χ2v) is 6.97. The lowest BCUT2D eigenvalue weighted by Crippen LogP contribution is -2.13. The number of halogens is 1. The van der Waals surface area contributed by atoms with Gasteiger partial charge in [0.1, 0.15) is 0 Å². The van der Waals surface area contributed by atoms with E-state index in [1.165, 1.54) is 10.5 Å². The van der Waals surface area contributed by atoms with Gasteiger partial charge in [-0.2, -0.15) is 11.3 Å². The molecule has 1 aromatic heterocycles. The Hall–Kier alpha value is -0.290. The quantitative estimate of drug-likeness (QED) is 0.889. The first-order valence-corrected chi connectivity index (χ1v) is 8.01. The second-order valence-electron chi connectivity index (χ2n) is 4.09. The van der Waals surface area contributed by atoms with Gasteiger partial charge in [0.05, 0.1) is 6.10 Å². The molecule has 2 atom stereocenters. The van der Waals surface area contributed by atoms with Crippen molar-refractivity contribution >= 4 is 39.0 Å². The molecule has 0 fully saturated rings. The Morgan fingerprint density at radius 1 is 1.29 bits per heavy atom. The van der Waals surface area contributed by atoms with Crippen LogP contribution in [0.15, 0.2) is 44.4 Å². The lowest BCUT2D eigenvalue weighted by molar-refractivity contribution is 0.175. The lowest BCUT2D eigenvalue weighted by atomic mass is 10.0. The molecule has 2 unspecified atom stereocenters. The Morgan fingerprint density at radius 3 is 2.82 bits per heavy atom. The van der Waals surface area contributed by atoms with Crippen molar-refractivity contribution in [2.24, 2.45) is 0 Å². The molecule has 0 spiro atoms. The highest BCUT2D eigenvalue weighted by atomic mass is 79.9. The lowest BCUT2D eigenvalue weighted by Gasteiger charge is -2.16. The fraction of sp³-hybridized carbons (Fsp3) is 0.231. The van der Waals surface area contributed by atoms with Crippen LogP contribution in [0.4, 0.5) is 0 Å². The van der Waals surface area contributed by atoms with Gasteiger partial charge in [-0.05, 0) is 39.4 Å². The summed E-state index contributed by atoms with van der Waals surface area (Å²) in [4.78, 5) is 1.31. The molecule has 2 heterocycles. The van der Waals surface area contributed by atoms with Crippen LogP contribution in [0.3, 0.4) is 0 Å². The molecule has 3 rings (SSSR count). The summed E-state index contributed by atoms with van der Waals surface area (Å²) >= 11 is 6.90. The van der Waals surface area contributed by atoms with Gasteiger partial charge in [0.25, 0.3) is 0 Å². The third-order valence-electron chi connectivity index (χ3n) is 2.99. The number of hydrogen-bond donors (Lipinski definition) is 1. The normalized spacial score (nSPS) is 20.2. The van der Waals surface area contributed by atoms with Crippen LogP contribution in [-0.2, 0) is 6.42 Å². The zero-order valence-corrected chi connectivity index (χ0v) is 12.2. The highest BCUT2D eigenvalue weighted by molar-refractivity contribution is 9.10. The van der Waals surface area contributed by atoms with Crippen molar-refractivity contribution in [3.63, 3.8) is 0 Å². The number of thiophene rings is 1. The van der Waals surface area contributed by atoms with E-state index in [1.54, 1.807) is 23.1 Å². The van der Waals surface area contributed by atoms with E-state index in [1.807, 2.05) is 10.8 Å². The molecule has 0 bridgehead atoms. The first-order valence-electron chi connectivity index (χ1n) is 5.40. The number of hydrogen-bond acceptors (Lipinski definition) is 3. The zero-order chi connectivity index (χ0) is 11.8. The molecule has 88 valence electrons. The van der Waals surface area contributed by atoms with E-state index in [-0.39, 0.29) is 5.25 Å². The largest absolute Gasteiger partial charge is 0.387 e. The highest BCUT2D eigenvalue weighted by Gasteiger charge is 2.30. The number of aliphatic hydroxyl groups is 1. The molecule has 1 aliphatic heterocycles. The van der Waals surface area contributed by atoms with E-state index in [4.69, 9.17) is 0 Å². The summed E-state index contributed by atoms with van der Waals surface area (Å²) in [5.41, 5.74) is 2.37. The summed E-state index contributed by atoms with van der Waals surface area (Å²) in [6.07, 6.45) is 0.553. The third kappa shape index (κ3) is 2.19. The van der Waals surface area contributed by atoms with Crippen molar-refractivity contribution in [3.05, 3.63) is 50.6 Å². The Morgan fingerprint density at radius 2 is 2.12 bits per heavy atom. The van der Waals surface area contributed by atoms with E-state index in [0.29, 0.717) is 0 Å². The predicted octanol–water partition coefficient (Wildman–Crippen LogP) is 4.26. The van der Waals surface area contributed by atoms with Crippen LogP contribution >= 0.6 is 39.0 Å². The fourth-order valence-electron chi connectivity index (χ4n) is 2.09.